The van der Waals surface area contributed by atoms with Crippen LogP contribution in [-0.2, 0) is 0 Å². The molecule has 0 unspecified atom stereocenters. The van der Waals surface area contributed by atoms with E-state index in [0.717, 1.165) is 11.3 Å². The summed E-state index contributed by atoms with van der Waals surface area (Å²) in [6.45, 7) is 5.01. The molecule has 1 aliphatic heterocycles. The van der Waals surface area contributed by atoms with Crippen LogP contribution in [0, 0.1) is 13.8 Å². The predicted octanol–water partition coefficient (Wildman–Crippen LogP) is 3.72. The topological polar surface area (TPSA) is 76.2 Å². The highest BCUT2D eigenvalue weighted by atomic mass is 16.6. The number of nitrogens with zero attached hydrogens (tertiary/aromatic N) is 1. The number of aromatic nitrogens is 2. The Morgan fingerprint density at radius 1 is 1.08 bits per heavy atom. The molecule has 2 aromatic carbocycles. The van der Waals surface area contributed by atoms with Gasteiger partial charge in [0, 0.05) is 11.6 Å². The summed E-state index contributed by atoms with van der Waals surface area (Å²) in [5, 5.41) is 9.99. The monoisotopic (exact) mass is 349 g/mol. The number of fused-ring (bicyclic) bond motifs is 1. The highest BCUT2D eigenvalue weighted by Crippen LogP contribution is 2.34. The lowest BCUT2D eigenvalue weighted by molar-refractivity contribution is 0.101. The van der Waals surface area contributed by atoms with Gasteiger partial charge in [0.05, 0.1) is 11.3 Å². The molecule has 0 bridgehead atoms. The molecule has 0 atom stereocenters. The van der Waals surface area contributed by atoms with Gasteiger partial charge in [-0.2, -0.15) is 5.10 Å². The molecule has 0 spiro atoms. The molecule has 2 heterocycles. The molecule has 0 fully saturated rings. The summed E-state index contributed by atoms with van der Waals surface area (Å²) in [7, 11) is 0. The molecular weight excluding hydrogens is 330 g/mol. The van der Waals surface area contributed by atoms with E-state index in [1.165, 1.54) is 11.1 Å². The molecule has 0 radical (unpaired) electrons. The van der Waals surface area contributed by atoms with Gasteiger partial charge in [-0.3, -0.25) is 9.89 Å². The van der Waals surface area contributed by atoms with E-state index in [2.05, 4.69) is 47.6 Å². The van der Waals surface area contributed by atoms with E-state index in [4.69, 9.17) is 9.47 Å². The maximum atomic E-state index is 12.6. The van der Waals surface area contributed by atoms with E-state index < -0.39 is 0 Å². The molecular formula is C20H19N3O3. The van der Waals surface area contributed by atoms with Crippen molar-refractivity contribution in [3.05, 3.63) is 59.2 Å². The van der Waals surface area contributed by atoms with Crippen LogP contribution in [0.4, 0.5) is 5.82 Å². The van der Waals surface area contributed by atoms with Crippen LogP contribution in [0.3, 0.4) is 0 Å². The number of carbonyl (C=O) groups is 1. The predicted molar refractivity (Wildman–Crippen MR) is 98.9 cm³/mol. The molecule has 6 heteroatoms. The standard InChI is InChI=1S/C20H19N3O3/c1-12-8-13(2)10-14(9-12)16-11-18(23-22-16)21-20(24)15-4-3-5-17-19(15)26-7-6-25-17/h3-5,8-11H,6-7H2,1-2H3,(H2,21,22,23,24). The average molecular weight is 349 g/mol. The van der Waals surface area contributed by atoms with E-state index >= 15 is 0 Å². The zero-order chi connectivity index (χ0) is 18.1. The lowest BCUT2D eigenvalue weighted by atomic mass is 10.1. The van der Waals surface area contributed by atoms with Crippen LogP contribution in [0.5, 0.6) is 11.5 Å². The maximum absolute atomic E-state index is 12.6. The van der Waals surface area contributed by atoms with Gasteiger partial charge in [0.2, 0.25) is 0 Å². The van der Waals surface area contributed by atoms with Crippen molar-refractivity contribution in [1.82, 2.24) is 10.2 Å². The molecule has 1 aliphatic rings. The highest BCUT2D eigenvalue weighted by molar-refractivity contribution is 6.06. The van der Waals surface area contributed by atoms with Crippen LogP contribution in [0.2, 0.25) is 0 Å². The number of nitrogens with one attached hydrogen (secondary N) is 2. The van der Waals surface area contributed by atoms with E-state index in [0.29, 0.717) is 36.1 Å². The van der Waals surface area contributed by atoms with E-state index in [-0.39, 0.29) is 5.91 Å². The van der Waals surface area contributed by atoms with Crippen molar-refractivity contribution < 1.29 is 14.3 Å². The summed E-state index contributed by atoms with van der Waals surface area (Å²) in [6, 6.07) is 13.4. The van der Waals surface area contributed by atoms with E-state index in [1.807, 2.05) is 6.07 Å². The average Bonchev–Trinajstić information content (AvgIpc) is 3.09. The molecule has 132 valence electrons. The fourth-order valence-corrected chi connectivity index (χ4v) is 3.10. The Kier molecular flexibility index (Phi) is 4.08. The van der Waals surface area contributed by atoms with Crippen LogP contribution in [0.25, 0.3) is 11.3 Å². The van der Waals surface area contributed by atoms with Gasteiger partial charge < -0.3 is 14.8 Å². The quantitative estimate of drug-likeness (QED) is 0.756. The number of anilines is 1. The Balaban J connectivity index is 1.57. The van der Waals surface area contributed by atoms with Crippen LogP contribution in [-0.4, -0.2) is 29.3 Å². The summed E-state index contributed by atoms with van der Waals surface area (Å²) in [4.78, 5) is 12.6. The van der Waals surface area contributed by atoms with Gasteiger partial charge in [-0.25, -0.2) is 0 Å². The number of H-pyrrole nitrogens is 1. The lowest BCUT2D eigenvalue weighted by Gasteiger charge is -2.20. The number of para-hydroxylation sites is 1. The summed E-state index contributed by atoms with van der Waals surface area (Å²) < 4.78 is 11.1. The number of aryl methyl sites for hydroxylation is 2. The van der Waals surface area contributed by atoms with Crippen molar-refractivity contribution in [3.8, 4) is 22.8 Å². The number of rotatable bonds is 3. The number of amides is 1. The van der Waals surface area contributed by atoms with Gasteiger partial charge in [-0.15, -0.1) is 0 Å². The van der Waals surface area contributed by atoms with Crippen LogP contribution >= 0.6 is 0 Å². The van der Waals surface area contributed by atoms with Gasteiger partial charge in [0.15, 0.2) is 17.3 Å². The molecule has 1 amide bonds. The normalized spacial score (nSPS) is 12.7. The first-order valence-electron chi connectivity index (χ1n) is 8.44. The number of hydrogen-bond acceptors (Lipinski definition) is 4. The molecule has 0 saturated heterocycles. The van der Waals surface area contributed by atoms with E-state index in [9.17, 15) is 4.79 Å². The minimum Gasteiger partial charge on any atom is -0.486 e. The zero-order valence-electron chi connectivity index (χ0n) is 14.6. The van der Waals surface area contributed by atoms with Crippen LogP contribution in [0.15, 0.2) is 42.5 Å². The van der Waals surface area contributed by atoms with Crippen LogP contribution < -0.4 is 14.8 Å². The fraction of sp³-hybridized carbons (Fsp3) is 0.200. The third-order valence-corrected chi connectivity index (χ3v) is 4.16. The first-order chi connectivity index (χ1) is 12.6. The fourth-order valence-electron chi connectivity index (χ4n) is 3.10. The smallest absolute Gasteiger partial charge is 0.260 e. The summed E-state index contributed by atoms with van der Waals surface area (Å²) in [6.07, 6.45) is 0. The second-order valence-electron chi connectivity index (χ2n) is 6.33. The SMILES string of the molecule is Cc1cc(C)cc(-c2cc(NC(=O)c3cccc4c3OCCO4)n[nH]2)c1. The Morgan fingerprint density at radius 3 is 2.65 bits per heavy atom. The molecule has 6 nitrogen and oxygen atoms in total. The Morgan fingerprint density at radius 2 is 1.85 bits per heavy atom. The van der Waals surface area contributed by atoms with Crippen molar-refractivity contribution in [2.75, 3.05) is 18.5 Å². The Bertz CT molecular complexity index is 958. The molecule has 3 aromatic rings. The molecule has 0 aliphatic carbocycles. The number of carbonyl (C=O) groups excluding carboxylic acids is 1. The Hall–Kier alpha value is -3.28. The molecule has 4 rings (SSSR count). The largest absolute Gasteiger partial charge is 0.486 e. The highest BCUT2D eigenvalue weighted by Gasteiger charge is 2.21. The third kappa shape index (κ3) is 3.13. The second kappa shape index (κ2) is 6.55. The van der Waals surface area contributed by atoms with Gasteiger partial charge in [0.1, 0.15) is 13.2 Å². The first kappa shape index (κ1) is 16.2. The summed E-state index contributed by atoms with van der Waals surface area (Å²) >= 11 is 0. The molecule has 0 saturated carbocycles. The first-order valence-corrected chi connectivity index (χ1v) is 8.44. The van der Waals surface area contributed by atoms with Crippen molar-refractivity contribution >= 4 is 11.7 Å². The number of benzene rings is 2. The van der Waals surface area contributed by atoms with Crippen LogP contribution in [0.1, 0.15) is 21.5 Å². The van der Waals surface area contributed by atoms with Crippen molar-refractivity contribution in [3.63, 3.8) is 0 Å². The summed E-state index contributed by atoms with van der Waals surface area (Å²) in [5.74, 6) is 1.23. The Labute approximate surface area is 151 Å². The number of ether oxygens (including phenoxy) is 2. The van der Waals surface area contributed by atoms with Gasteiger partial charge in [0.25, 0.3) is 5.91 Å². The van der Waals surface area contributed by atoms with Gasteiger partial charge in [-0.1, -0.05) is 23.3 Å². The van der Waals surface area contributed by atoms with Crippen molar-refractivity contribution in [1.29, 1.82) is 0 Å². The second-order valence-corrected chi connectivity index (χ2v) is 6.33. The van der Waals surface area contributed by atoms with E-state index in [1.54, 1.807) is 18.2 Å². The minimum absolute atomic E-state index is 0.286. The maximum Gasteiger partial charge on any atom is 0.260 e. The van der Waals surface area contributed by atoms with Crippen molar-refractivity contribution in [2.24, 2.45) is 0 Å². The molecule has 1 aromatic heterocycles. The summed E-state index contributed by atoms with van der Waals surface area (Å²) in [5.41, 5.74) is 4.66. The number of hydrogen-bond donors (Lipinski definition) is 2. The number of aromatic amines is 1. The van der Waals surface area contributed by atoms with Gasteiger partial charge in [-0.05, 0) is 38.1 Å². The zero-order valence-corrected chi connectivity index (χ0v) is 14.6. The lowest BCUT2D eigenvalue weighted by Crippen LogP contribution is -2.20. The third-order valence-electron chi connectivity index (χ3n) is 4.16. The van der Waals surface area contributed by atoms with Crippen molar-refractivity contribution in [2.45, 2.75) is 13.8 Å². The minimum atomic E-state index is -0.286. The molecule has 2 N–H and O–H groups in total. The van der Waals surface area contributed by atoms with Gasteiger partial charge >= 0.3 is 0 Å². The molecule has 26 heavy (non-hydrogen) atoms.